The minimum atomic E-state index is 0.203. The van der Waals surface area contributed by atoms with Crippen LogP contribution in [0.15, 0.2) is 18.2 Å². The van der Waals surface area contributed by atoms with Gasteiger partial charge in [0.2, 0.25) is 0 Å². The number of para-hydroxylation sites is 1. The molecule has 0 amide bonds. The summed E-state index contributed by atoms with van der Waals surface area (Å²) in [4.78, 5) is 12.3. The Balaban J connectivity index is 1.99. The first kappa shape index (κ1) is 14.1. The van der Waals surface area contributed by atoms with Crippen molar-refractivity contribution in [3.63, 3.8) is 0 Å². The van der Waals surface area contributed by atoms with E-state index >= 15 is 0 Å². The van der Waals surface area contributed by atoms with Gasteiger partial charge in [-0.3, -0.25) is 4.79 Å². The maximum atomic E-state index is 12.3. The molecular formula is C16H23NO2. The highest BCUT2D eigenvalue weighted by atomic mass is 16.5. The summed E-state index contributed by atoms with van der Waals surface area (Å²) in [5.74, 6) is 1.58. The van der Waals surface area contributed by atoms with E-state index in [1.807, 2.05) is 18.2 Å². The van der Waals surface area contributed by atoms with E-state index in [1.54, 1.807) is 0 Å². The second-order valence-electron chi connectivity index (χ2n) is 5.21. The lowest BCUT2D eigenvalue weighted by atomic mass is 9.93. The van der Waals surface area contributed by atoms with Crippen LogP contribution in [0, 0.1) is 5.92 Å². The van der Waals surface area contributed by atoms with Gasteiger partial charge in [0.1, 0.15) is 5.75 Å². The third kappa shape index (κ3) is 3.35. The zero-order chi connectivity index (χ0) is 13.7. The number of fused-ring (bicyclic) bond motifs is 1. The van der Waals surface area contributed by atoms with E-state index in [2.05, 4.69) is 6.92 Å². The third-order valence-electron chi connectivity index (χ3n) is 3.95. The molecule has 1 aromatic carbocycles. The standard InChI is InChI=1S/C16H23NO2/c1-2-12(8-10-17)6-7-15(18)14-5-3-4-13-9-11-19-16(13)14/h3-5,12H,2,6-11,17H2,1H3. The van der Waals surface area contributed by atoms with Crippen molar-refractivity contribution in [1.29, 1.82) is 0 Å². The number of hydrogen-bond donors (Lipinski definition) is 1. The average molecular weight is 261 g/mol. The Morgan fingerprint density at radius 2 is 2.26 bits per heavy atom. The maximum absolute atomic E-state index is 12.3. The highest BCUT2D eigenvalue weighted by Crippen LogP contribution is 2.31. The molecule has 1 aliphatic rings. The lowest BCUT2D eigenvalue weighted by Crippen LogP contribution is -2.10. The summed E-state index contributed by atoms with van der Waals surface area (Å²) in [6.07, 6.45) is 4.54. The molecule has 104 valence electrons. The van der Waals surface area contributed by atoms with Crippen LogP contribution in [0.4, 0.5) is 0 Å². The van der Waals surface area contributed by atoms with Gasteiger partial charge < -0.3 is 10.5 Å². The minimum absolute atomic E-state index is 0.203. The van der Waals surface area contributed by atoms with Gasteiger partial charge in [-0.1, -0.05) is 25.5 Å². The van der Waals surface area contributed by atoms with Crippen molar-refractivity contribution in [2.75, 3.05) is 13.2 Å². The number of benzene rings is 1. The van der Waals surface area contributed by atoms with Gasteiger partial charge in [-0.2, -0.15) is 0 Å². The fraction of sp³-hybridized carbons (Fsp3) is 0.562. The number of Topliss-reactive ketones (excluding diaryl/α,β-unsaturated/α-hetero) is 1. The normalized spacial score (nSPS) is 14.8. The average Bonchev–Trinajstić information content (AvgIpc) is 2.91. The Kier molecular flexibility index (Phi) is 4.97. The first-order chi connectivity index (χ1) is 9.26. The first-order valence-corrected chi connectivity index (χ1v) is 7.24. The van der Waals surface area contributed by atoms with Crippen molar-refractivity contribution in [1.82, 2.24) is 0 Å². The molecule has 1 heterocycles. The molecule has 1 aromatic rings. The Hall–Kier alpha value is -1.35. The van der Waals surface area contributed by atoms with Gasteiger partial charge in [-0.05, 0) is 36.9 Å². The predicted octanol–water partition coefficient (Wildman–Crippen LogP) is 2.96. The van der Waals surface area contributed by atoms with Gasteiger partial charge >= 0.3 is 0 Å². The Morgan fingerprint density at radius 1 is 1.42 bits per heavy atom. The molecule has 3 nitrogen and oxygen atoms in total. The zero-order valence-corrected chi connectivity index (χ0v) is 11.7. The molecular weight excluding hydrogens is 238 g/mol. The van der Waals surface area contributed by atoms with E-state index in [-0.39, 0.29) is 5.78 Å². The van der Waals surface area contributed by atoms with Crippen LogP contribution in [-0.4, -0.2) is 18.9 Å². The molecule has 0 saturated carbocycles. The van der Waals surface area contributed by atoms with Gasteiger partial charge in [0.05, 0.1) is 12.2 Å². The number of rotatable bonds is 7. The van der Waals surface area contributed by atoms with Crippen LogP contribution >= 0.6 is 0 Å². The van der Waals surface area contributed by atoms with E-state index < -0.39 is 0 Å². The molecule has 1 aliphatic heterocycles. The van der Waals surface area contributed by atoms with Crippen molar-refractivity contribution in [2.45, 2.75) is 39.0 Å². The summed E-state index contributed by atoms with van der Waals surface area (Å²) in [7, 11) is 0. The summed E-state index contributed by atoms with van der Waals surface area (Å²) < 4.78 is 5.59. The van der Waals surface area contributed by atoms with Gasteiger partial charge in [0, 0.05) is 12.8 Å². The number of ether oxygens (including phenoxy) is 1. The highest BCUT2D eigenvalue weighted by molar-refractivity contribution is 5.99. The number of carbonyl (C=O) groups excluding carboxylic acids is 1. The minimum Gasteiger partial charge on any atom is -0.492 e. The molecule has 1 atom stereocenters. The summed E-state index contributed by atoms with van der Waals surface area (Å²) in [5.41, 5.74) is 7.52. The quantitative estimate of drug-likeness (QED) is 0.768. The Bertz CT molecular complexity index is 442. The topological polar surface area (TPSA) is 52.3 Å². The molecule has 2 N–H and O–H groups in total. The molecule has 0 aromatic heterocycles. The van der Waals surface area contributed by atoms with Crippen LogP contribution in [0.25, 0.3) is 0 Å². The van der Waals surface area contributed by atoms with E-state index in [9.17, 15) is 4.79 Å². The molecule has 0 radical (unpaired) electrons. The predicted molar refractivity (Wildman–Crippen MR) is 76.7 cm³/mol. The van der Waals surface area contributed by atoms with E-state index in [1.165, 1.54) is 5.56 Å². The molecule has 0 fully saturated rings. The van der Waals surface area contributed by atoms with E-state index in [0.29, 0.717) is 25.5 Å². The number of carbonyl (C=O) groups is 1. The second-order valence-corrected chi connectivity index (χ2v) is 5.21. The lowest BCUT2D eigenvalue weighted by Gasteiger charge is -2.13. The smallest absolute Gasteiger partial charge is 0.166 e. The molecule has 0 saturated heterocycles. The fourth-order valence-corrected chi connectivity index (χ4v) is 2.69. The summed E-state index contributed by atoms with van der Waals surface area (Å²) in [6.45, 7) is 3.56. The molecule has 3 heteroatoms. The maximum Gasteiger partial charge on any atom is 0.166 e. The van der Waals surface area contributed by atoms with Gasteiger partial charge in [0.15, 0.2) is 5.78 Å². The van der Waals surface area contributed by atoms with Gasteiger partial charge in [0.25, 0.3) is 0 Å². The summed E-state index contributed by atoms with van der Waals surface area (Å²) >= 11 is 0. The van der Waals surface area contributed by atoms with Gasteiger partial charge in [-0.15, -0.1) is 0 Å². The van der Waals surface area contributed by atoms with Crippen LogP contribution < -0.4 is 10.5 Å². The monoisotopic (exact) mass is 261 g/mol. The number of nitrogens with two attached hydrogens (primary N) is 1. The van der Waals surface area contributed by atoms with Crippen molar-refractivity contribution in [3.8, 4) is 5.75 Å². The van der Waals surface area contributed by atoms with E-state index in [4.69, 9.17) is 10.5 Å². The SMILES string of the molecule is CCC(CCN)CCC(=O)c1cccc2c1OCC2. The first-order valence-electron chi connectivity index (χ1n) is 7.24. The number of ketones is 1. The van der Waals surface area contributed by atoms with Crippen molar-refractivity contribution < 1.29 is 9.53 Å². The fourth-order valence-electron chi connectivity index (χ4n) is 2.69. The van der Waals surface area contributed by atoms with Crippen molar-refractivity contribution in [2.24, 2.45) is 11.7 Å². The largest absolute Gasteiger partial charge is 0.492 e. The summed E-state index contributed by atoms with van der Waals surface area (Å²) in [5, 5.41) is 0. The van der Waals surface area contributed by atoms with Crippen LogP contribution in [-0.2, 0) is 6.42 Å². The second kappa shape index (κ2) is 6.71. The van der Waals surface area contributed by atoms with Crippen molar-refractivity contribution in [3.05, 3.63) is 29.3 Å². The molecule has 1 unspecified atom stereocenters. The lowest BCUT2D eigenvalue weighted by molar-refractivity contribution is 0.0969. The Labute approximate surface area is 115 Å². The Morgan fingerprint density at radius 3 is 3.00 bits per heavy atom. The molecule has 2 rings (SSSR count). The highest BCUT2D eigenvalue weighted by Gasteiger charge is 2.20. The molecule has 0 bridgehead atoms. The molecule has 19 heavy (non-hydrogen) atoms. The van der Waals surface area contributed by atoms with Gasteiger partial charge in [-0.25, -0.2) is 0 Å². The van der Waals surface area contributed by atoms with Crippen molar-refractivity contribution >= 4 is 5.78 Å². The van der Waals surface area contributed by atoms with Crippen LogP contribution in [0.3, 0.4) is 0 Å². The number of hydrogen-bond acceptors (Lipinski definition) is 3. The van der Waals surface area contributed by atoms with Crippen LogP contribution in [0.1, 0.15) is 48.5 Å². The van der Waals surface area contributed by atoms with Crippen LogP contribution in [0.5, 0.6) is 5.75 Å². The van der Waals surface area contributed by atoms with Crippen LogP contribution in [0.2, 0.25) is 0 Å². The van der Waals surface area contributed by atoms with E-state index in [0.717, 1.165) is 37.0 Å². The zero-order valence-electron chi connectivity index (χ0n) is 11.7. The molecule has 0 spiro atoms. The summed E-state index contributed by atoms with van der Waals surface area (Å²) in [6, 6.07) is 5.89. The third-order valence-corrected chi connectivity index (χ3v) is 3.95. The molecule has 0 aliphatic carbocycles.